The molecule has 0 spiro atoms. The number of nitro groups is 1. The zero-order valence-electron chi connectivity index (χ0n) is 11.6. The van der Waals surface area contributed by atoms with Crippen molar-refractivity contribution in [3.8, 4) is 0 Å². The SMILES string of the molecule is CNCC1CCCN(Cc2cc(Br)cc([N+](=O)[O-])c2)C1. The summed E-state index contributed by atoms with van der Waals surface area (Å²) >= 11 is 3.35. The Hall–Kier alpha value is -0.980. The maximum atomic E-state index is 10.9. The summed E-state index contributed by atoms with van der Waals surface area (Å²) in [5.41, 5.74) is 1.15. The molecule has 1 saturated heterocycles. The van der Waals surface area contributed by atoms with E-state index in [-0.39, 0.29) is 10.6 Å². The van der Waals surface area contributed by atoms with Gasteiger partial charge in [0.25, 0.3) is 5.69 Å². The zero-order chi connectivity index (χ0) is 14.5. The first-order valence-corrected chi connectivity index (χ1v) is 7.68. The van der Waals surface area contributed by atoms with Gasteiger partial charge in [-0.15, -0.1) is 0 Å². The molecule has 0 saturated carbocycles. The highest BCUT2D eigenvalue weighted by molar-refractivity contribution is 9.10. The molecule has 2 rings (SSSR count). The Labute approximate surface area is 127 Å². The van der Waals surface area contributed by atoms with Crippen molar-refractivity contribution < 1.29 is 4.92 Å². The van der Waals surface area contributed by atoms with Crippen LogP contribution >= 0.6 is 15.9 Å². The lowest BCUT2D eigenvalue weighted by Gasteiger charge is -2.32. The third kappa shape index (κ3) is 4.26. The minimum Gasteiger partial charge on any atom is -0.319 e. The molecule has 6 heteroatoms. The summed E-state index contributed by atoms with van der Waals surface area (Å²) in [5, 5.41) is 14.1. The van der Waals surface area contributed by atoms with Gasteiger partial charge in [-0.2, -0.15) is 0 Å². The lowest BCUT2D eigenvalue weighted by Crippen LogP contribution is -2.38. The van der Waals surface area contributed by atoms with Gasteiger partial charge in [0.2, 0.25) is 0 Å². The molecule has 1 aromatic rings. The minimum absolute atomic E-state index is 0.151. The van der Waals surface area contributed by atoms with E-state index in [2.05, 4.69) is 26.1 Å². The summed E-state index contributed by atoms with van der Waals surface area (Å²) in [5.74, 6) is 0.677. The van der Waals surface area contributed by atoms with E-state index in [9.17, 15) is 10.1 Å². The van der Waals surface area contributed by atoms with Crippen LogP contribution in [0.1, 0.15) is 18.4 Å². The van der Waals surface area contributed by atoms with Crippen molar-refractivity contribution in [2.75, 3.05) is 26.7 Å². The number of nitrogens with zero attached hydrogens (tertiary/aromatic N) is 2. The fraction of sp³-hybridized carbons (Fsp3) is 0.571. The van der Waals surface area contributed by atoms with E-state index in [4.69, 9.17) is 0 Å². The number of hydrogen-bond donors (Lipinski definition) is 1. The standard InChI is InChI=1S/C14H20BrN3O2/c1-16-8-11-3-2-4-17(9-11)10-12-5-13(15)7-14(6-12)18(19)20/h5-7,11,16H,2-4,8-10H2,1H3. The summed E-state index contributed by atoms with van der Waals surface area (Å²) < 4.78 is 0.769. The minimum atomic E-state index is -0.339. The molecular formula is C14H20BrN3O2. The van der Waals surface area contributed by atoms with Gasteiger partial charge >= 0.3 is 0 Å². The van der Waals surface area contributed by atoms with Gasteiger partial charge in [0.15, 0.2) is 0 Å². The van der Waals surface area contributed by atoms with Crippen LogP contribution < -0.4 is 5.32 Å². The van der Waals surface area contributed by atoms with Crippen LogP contribution in [0.25, 0.3) is 0 Å². The smallest absolute Gasteiger partial charge is 0.270 e. The number of benzene rings is 1. The van der Waals surface area contributed by atoms with Crippen LogP contribution in [0.5, 0.6) is 0 Å². The summed E-state index contributed by atoms with van der Waals surface area (Å²) in [7, 11) is 1.98. The maximum absolute atomic E-state index is 10.9. The lowest BCUT2D eigenvalue weighted by molar-refractivity contribution is -0.385. The molecule has 110 valence electrons. The predicted molar refractivity (Wildman–Crippen MR) is 82.7 cm³/mol. The van der Waals surface area contributed by atoms with Crippen LogP contribution in [-0.4, -0.2) is 36.5 Å². The fourth-order valence-electron chi connectivity index (χ4n) is 2.84. The van der Waals surface area contributed by atoms with E-state index in [0.29, 0.717) is 5.92 Å². The molecule has 0 aromatic heterocycles. The van der Waals surface area contributed by atoms with Crippen molar-refractivity contribution >= 4 is 21.6 Å². The fourth-order valence-corrected chi connectivity index (χ4v) is 3.37. The topological polar surface area (TPSA) is 58.4 Å². The second-order valence-electron chi connectivity index (χ2n) is 5.38. The van der Waals surface area contributed by atoms with Crippen LogP contribution in [0, 0.1) is 16.0 Å². The Bertz CT molecular complexity index is 479. The normalized spacial score (nSPS) is 20.0. The number of non-ortho nitro benzene ring substituents is 1. The van der Waals surface area contributed by atoms with Gasteiger partial charge in [-0.25, -0.2) is 0 Å². The predicted octanol–water partition coefficient (Wildman–Crippen LogP) is 2.79. The number of nitro benzene ring substituents is 1. The second kappa shape index (κ2) is 7.15. The molecule has 1 aromatic carbocycles. The van der Waals surface area contributed by atoms with E-state index >= 15 is 0 Å². The average molecular weight is 342 g/mol. The molecule has 1 heterocycles. The molecule has 1 fully saturated rings. The number of rotatable bonds is 5. The number of likely N-dealkylation sites (tertiary alicyclic amines) is 1. The van der Waals surface area contributed by atoms with Gasteiger partial charge in [-0.1, -0.05) is 15.9 Å². The molecule has 1 atom stereocenters. The van der Waals surface area contributed by atoms with Crippen molar-refractivity contribution in [1.82, 2.24) is 10.2 Å². The lowest BCUT2D eigenvalue weighted by atomic mass is 9.97. The first-order valence-electron chi connectivity index (χ1n) is 6.89. The quantitative estimate of drug-likeness (QED) is 0.660. The van der Waals surface area contributed by atoms with Gasteiger partial charge in [-0.05, 0) is 50.5 Å². The van der Waals surface area contributed by atoms with Gasteiger partial charge in [0, 0.05) is 29.7 Å². The largest absolute Gasteiger partial charge is 0.319 e. The van der Waals surface area contributed by atoms with Gasteiger partial charge in [-0.3, -0.25) is 15.0 Å². The van der Waals surface area contributed by atoms with Crippen LogP contribution in [0.4, 0.5) is 5.69 Å². The third-order valence-electron chi connectivity index (χ3n) is 3.66. The van der Waals surface area contributed by atoms with E-state index < -0.39 is 0 Å². The molecule has 1 aliphatic rings. The van der Waals surface area contributed by atoms with Gasteiger partial charge < -0.3 is 5.32 Å². The van der Waals surface area contributed by atoms with Crippen molar-refractivity contribution in [3.63, 3.8) is 0 Å². The molecular weight excluding hydrogens is 322 g/mol. The molecule has 0 amide bonds. The van der Waals surface area contributed by atoms with E-state index in [1.165, 1.54) is 12.8 Å². The monoisotopic (exact) mass is 341 g/mol. The van der Waals surface area contributed by atoms with Crippen LogP contribution in [0.15, 0.2) is 22.7 Å². The zero-order valence-corrected chi connectivity index (χ0v) is 13.2. The van der Waals surface area contributed by atoms with Crippen molar-refractivity contribution in [2.24, 2.45) is 5.92 Å². The molecule has 0 aliphatic carbocycles. The Morgan fingerprint density at radius 3 is 3.00 bits per heavy atom. The van der Waals surface area contributed by atoms with Crippen LogP contribution in [0.2, 0.25) is 0 Å². The maximum Gasteiger partial charge on any atom is 0.270 e. The van der Waals surface area contributed by atoms with Crippen molar-refractivity contribution in [1.29, 1.82) is 0 Å². The van der Waals surface area contributed by atoms with E-state index in [0.717, 1.165) is 36.2 Å². The molecule has 1 N–H and O–H groups in total. The Kier molecular flexibility index (Phi) is 5.51. The Morgan fingerprint density at radius 2 is 2.30 bits per heavy atom. The Morgan fingerprint density at radius 1 is 1.50 bits per heavy atom. The van der Waals surface area contributed by atoms with Gasteiger partial charge in [0.05, 0.1) is 4.92 Å². The van der Waals surface area contributed by atoms with Crippen LogP contribution in [-0.2, 0) is 6.54 Å². The summed E-state index contributed by atoms with van der Waals surface area (Å²) in [6.07, 6.45) is 2.46. The Balaban J connectivity index is 2.03. The van der Waals surface area contributed by atoms with Crippen molar-refractivity contribution in [2.45, 2.75) is 19.4 Å². The molecule has 20 heavy (non-hydrogen) atoms. The highest BCUT2D eigenvalue weighted by Crippen LogP contribution is 2.24. The second-order valence-corrected chi connectivity index (χ2v) is 6.29. The highest BCUT2D eigenvalue weighted by Gasteiger charge is 2.20. The number of hydrogen-bond acceptors (Lipinski definition) is 4. The first kappa shape index (κ1) is 15.4. The molecule has 0 radical (unpaired) electrons. The number of piperidine rings is 1. The highest BCUT2D eigenvalue weighted by atomic mass is 79.9. The molecule has 1 unspecified atom stereocenters. The molecule has 0 bridgehead atoms. The molecule has 1 aliphatic heterocycles. The summed E-state index contributed by atoms with van der Waals surface area (Å²) in [4.78, 5) is 12.9. The summed E-state index contributed by atoms with van der Waals surface area (Å²) in [6, 6.07) is 5.19. The van der Waals surface area contributed by atoms with Crippen LogP contribution in [0.3, 0.4) is 0 Å². The average Bonchev–Trinajstić information content (AvgIpc) is 2.38. The van der Waals surface area contributed by atoms with E-state index in [1.54, 1.807) is 12.1 Å². The summed E-state index contributed by atoms with van der Waals surface area (Å²) in [6.45, 7) is 3.94. The first-order chi connectivity index (χ1) is 9.58. The van der Waals surface area contributed by atoms with Crippen molar-refractivity contribution in [3.05, 3.63) is 38.3 Å². The van der Waals surface area contributed by atoms with E-state index in [1.807, 2.05) is 13.1 Å². The number of nitrogens with one attached hydrogen (secondary N) is 1. The molecule has 5 nitrogen and oxygen atoms in total. The number of halogens is 1. The van der Waals surface area contributed by atoms with Gasteiger partial charge in [0.1, 0.15) is 0 Å². The third-order valence-corrected chi connectivity index (χ3v) is 4.11.